The second-order valence-corrected chi connectivity index (χ2v) is 10.7. The number of methoxy groups -OCH3 is 1. The van der Waals surface area contributed by atoms with E-state index in [9.17, 15) is 30.0 Å². The van der Waals surface area contributed by atoms with Gasteiger partial charge in [-0.2, -0.15) is 0 Å². The predicted octanol–water partition coefficient (Wildman–Crippen LogP) is 0.908. The van der Waals surface area contributed by atoms with Crippen LogP contribution in [0.2, 0.25) is 0 Å². The van der Waals surface area contributed by atoms with Gasteiger partial charge in [0.1, 0.15) is 18.0 Å². The van der Waals surface area contributed by atoms with E-state index in [0.717, 1.165) is 17.3 Å². The zero-order valence-electron chi connectivity index (χ0n) is 21.2. The smallest absolute Gasteiger partial charge is 0.349 e. The second-order valence-electron chi connectivity index (χ2n) is 9.32. The summed E-state index contributed by atoms with van der Waals surface area (Å²) in [5.41, 5.74) is 8.44. The Bertz CT molecular complexity index is 1110. The topological polar surface area (TPSA) is 172 Å². The van der Waals surface area contributed by atoms with Gasteiger partial charge in [0, 0.05) is 23.4 Å². The number of amides is 1. The molecule has 0 radical (unpaired) electrons. The third-order valence-corrected chi connectivity index (χ3v) is 7.65. The van der Waals surface area contributed by atoms with E-state index in [1.54, 1.807) is 26.0 Å². The first-order valence-corrected chi connectivity index (χ1v) is 12.6. The molecule has 0 spiro atoms. The summed E-state index contributed by atoms with van der Waals surface area (Å²) in [6.07, 6.45) is -6.00. The third-order valence-electron chi connectivity index (χ3n) is 6.38. The molecule has 0 bridgehead atoms. The number of aliphatic hydroxyl groups excluding tert-OH is 3. The van der Waals surface area contributed by atoms with Gasteiger partial charge in [-0.05, 0) is 56.2 Å². The normalized spacial score (nSPS) is 25.2. The van der Waals surface area contributed by atoms with Crippen LogP contribution in [0, 0.1) is 20.8 Å². The van der Waals surface area contributed by atoms with Crippen molar-refractivity contribution in [2.45, 2.75) is 67.5 Å². The lowest BCUT2D eigenvalue weighted by atomic mass is 9.90. The monoisotopic (exact) mass is 534 g/mol. The largest absolute Gasteiger partial charge is 0.507 e. The number of rotatable bonds is 8. The van der Waals surface area contributed by atoms with Crippen molar-refractivity contribution in [1.29, 1.82) is 0 Å². The Kier molecular flexibility index (Phi) is 9.22. The van der Waals surface area contributed by atoms with Crippen LogP contribution in [0.3, 0.4) is 0 Å². The number of aryl methyl sites for hydroxylation is 3. The van der Waals surface area contributed by atoms with Crippen LogP contribution in [-0.2, 0) is 14.3 Å². The Morgan fingerprint density at radius 3 is 2.35 bits per heavy atom. The molecule has 0 aromatic heterocycles. The number of carbonyl (C=O) groups is 2. The predicted molar refractivity (Wildman–Crippen MR) is 137 cm³/mol. The molecule has 1 saturated heterocycles. The number of nitrogens with one attached hydrogen (secondary N) is 1. The summed E-state index contributed by atoms with van der Waals surface area (Å²) in [5, 5.41) is 44.7. The van der Waals surface area contributed by atoms with Gasteiger partial charge in [0.05, 0.1) is 25.4 Å². The Hall–Kier alpha value is -2.67. The van der Waals surface area contributed by atoms with Gasteiger partial charge in [-0.1, -0.05) is 29.5 Å². The highest BCUT2D eigenvalue weighted by Gasteiger charge is 2.54. The molecule has 10 nitrogen and oxygen atoms in total. The van der Waals surface area contributed by atoms with Gasteiger partial charge in [0.15, 0.2) is 0 Å². The molecule has 202 valence electrons. The van der Waals surface area contributed by atoms with Gasteiger partial charge >= 0.3 is 5.97 Å². The maximum absolute atomic E-state index is 12.9. The molecule has 1 aliphatic heterocycles. The molecule has 2 aromatic rings. The first-order chi connectivity index (χ1) is 17.4. The van der Waals surface area contributed by atoms with E-state index in [1.807, 2.05) is 19.1 Å². The minimum absolute atomic E-state index is 0.0894. The van der Waals surface area contributed by atoms with Gasteiger partial charge < -0.3 is 41.0 Å². The van der Waals surface area contributed by atoms with E-state index in [-0.39, 0.29) is 24.3 Å². The summed E-state index contributed by atoms with van der Waals surface area (Å²) in [7, 11) is 1.19. The fraction of sp³-hybridized carbons (Fsp3) is 0.462. The first kappa shape index (κ1) is 28.9. The molecule has 4 unspecified atom stereocenters. The number of benzene rings is 2. The van der Waals surface area contributed by atoms with Crippen LogP contribution in [0.25, 0.3) is 0 Å². The highest BCUT2D eigenvalue weighted by atomic mass is 32.2. The molecule has 11 heteroatoms. The van der Waals surface area contributed by atoms with Crippen molar-refractivity contribution in [1.82, 2.24) is 5.32 Å². The lowest BCUT2D eigenvalue weighted by Crippen LogP contribution is -2.65. The molecule has 2 aromatic carbocycles. The lowest BCUT2D eigenvalue weighted by molar-refractivity contribution is -0.201. The Morgan fingerprint density at radius 1 is 1.19 bits per heavy atom. The molecule has 1 heterocycles. The van der Waals surface area contributed by atoms with E-state index in [1.165, 1.54) is 19.2 Å². The molecule has 6 atom stereocenters. The second kappa shape index (κ2) is 11.8. The fourth-order valence-corrected chi connectivity index (χ4v) is 5.42. The molecule has 37 heavy (non-hydrogen) atoms. The van der Waals surface area contributed by atoms with Crippen molar-refractivity contribution in [3.05, 3.63) is 58.7 Å². The van der Waals surface area contributed by atoms with Crippen molar-refractivity contribution in [2.75, 3.05) is 13.7 Å². The zero-order chi connectivity index (χ0) is 27.5. The maximum Gasteiger partial charge on any atom is 0.349 e. The summed E-state index contributed by atoms with van der Waals surface area (Å²) in [4.78, 5) is 24.4. The number of esters is 1. The van der Waals surface area contributed by atoms with Gasteiger partial charge in [-0.3, -0.25) is 4.79 Å². The average Bonchev–Trinajstić information content (AvgIpc) is 2.87. The van der Waals surface area contributed by atoms with Gasteiger partial charge in [0.2, 0.25) is 4.93 Å². The third kappa shape index (κ3) is 6.43. The van der Waals surface area contributed by atoms with Crippen molar-refractivity contribution in [3.8, 4) is 5.75 Å². The number of carbonyl (C=O) groups excluding carboxylic acids is 2. The quantitative estimate of drug-likeness (QED) is 0.267. The number of thioether (sulfide) groups is 1. The van der Waals surface area contributed by atoms with E-state index >= 15 is 0 Å². The van der Waals surface area contributed by atoms with E-state index < -0.39 is 47.3 Å². The van der Waals surface area contributed by atoms with Gasteiger partial charge in [-0.15, -0.1) is 0 Å². The van der Waals surface area contributed by atoms with Gasteiger partial charge in [0.25, 0.3) is 5.91 Å². The average molecular weight is 535 g/mol. The molecule has 1 fully saturated rings. The number of hydrogen-bond acceptors (Lipinski definition) is 10. The van der Waals surface area contributed by atoms with Crippen molar-refractivity contribution in [3.63, 3.8) is 0 Å². The molecule has 7 N–H and O–H groups in total. The van der Waals surface area contributed by atoms with E-state index in [4.69, 9.17) is 15.2 Å². The fourth-order valence-electron chi connectivity index (χ4n) is 4.19. The molecular formula is C26H34N2O8S. The molecule has 3 rings (SSSR count). The van der Waals surface area contributed by atoms with Gasteiger partial charge in [-0.25, -0.2) is 4.79 Å². The molecular weight excluding hydrogens is 500 g/mol. The molecule has 1 aliphatic rings. The standard InChI is InChI=1S/C26H34N2O8S/c1-13-5-7-17(8-6-13)37-26(25(34)35-4)11-18(29)20(27)23(36-26)22(32)19(30)12-28-24(33)16-9-14(2)21(31)15(3)10-16/h5-10,18-20,22-23,29-32H,11-12,27H2,1-4H3,(H,28,33)/t18?,19-,20?,22-,23?,26?/m1/s1. The van der Waals surface area contributed by atoms with Crippen molar-refractivity contribution in [2.24, 2.45) is 5.73 Å². The summed E-state index contributed by atoms with van der Waals surface area (Å²) < 4.78 is 11.0. The van der Waals surface area contributed by atoms with Crippen molar-refractivity contribution < 1.29 is 39.5 Å². The molecule has 1 amide bonds. The minimum Gasteiger partial charge on any atom is -0.507 e. The number of phenols is 1. The number of nitrogens with two attached hydrogens (primary N) is 1. The number of aromatic hydroxyl groups is 1. The highest BCUT2D eigenvalue weighted by molar-refractivity contribution is 8.01. The summed E-state index contributed by atoms with van der Waals surface area (Å²) in [5.74, 6) is -1.21. The van der Waals surface area contributed by atoms with Crippen LogP contribution in [0.1, 0.15) is 33.5 Å². The first-order valence-electron chi connectivity index (χ1n) is 11.8. The summed E-state index contributed by atoms with van der Waals surface area (Å²) in [6, 6.07) is 9.17. The SMILES string of the molecule is COC(=O)C1(Sc2ccc(C)cc2)CC(O)C(N)C([C@H](O)[C@H](O)CNC(=O)c2cc(C)c(O)c(C)c2)O1. The number of aliphatic hydroxyl groups is 3. The van der Waals surface area contributed by atoms with Crippen molar-refractivity contribution >= 4 is 23.6 Å². The number of phenolic OH excluding ortho intramolecular Hbond substituents is 1. The van der Waals surface area contributed by atoms with Crippen LogP contribution < -0.4 is 11.1 Å². The molecule has 0 aliphatic carbocycles. The maximum atomic E-state index is 12.9. The lowest BCUT2D eigenvalue weighted by Gasteiger charge is -2.45. The van der Waals surface area contributed by atoms with Crippen LogP contribution in [-0.4, -0.2) is 81.3 Å². The van der Waals surface area contributed by atoms with E-state index in [2.05, 4.69) is 5.32 Å². The highest BCUT2D eigenvalue weighted by Crippen LogP contribution is 2.44. The number of hydrogen-bond donors (Lipinski definition) is 6. The minimum atomic E-state index is -1.73. The van der Waals surface area contributed by atoms with Crippen LogP contribution in [0.4, 0.5) is 0 Å². The van der Waals surface area contributed by atoms with E-state index in [0.29, 0.717) is 16.0 Å². The van der Waals surface area contributed by atoms with Crippen LogP contribution in [0.5, 0.6) is 5.75 Å². The summed E-state index contributed by atoms with van der Waals surface area (Å²) >= 11 is 1.02. The Labute approximate surface area is 219 Å². The molecule has 0 saturated carbocycles. The zero-order valence-corrected chi connectivity index (χ0v) is 22.0. The van der Waals surface area contributed by atoms with Crippen LogP contribution in [0.15, 0.2) is 41.3 Å². The Morgan fingerprint density at radius 2 is 1.78 bits per heavy atom. The summed E-state index contributed by atoms with van der Waals surface area (Å²) in [6.45, 7) is 4.87. The number of ether oxygens (including phenoxy) is 2. The Balaban J connectivity index is 1.76. The van der Waals surface area contributed by atoms with Crippen LogP contribution >= 0.6 is 11.8 Å².